The highest BCUT2D eigenvalue weighted by atomic mass is 19.1. The van der Waals surface area contributed by atoms with E-state index in [9.17, 15) is 9.18 Å². The van der Waals surface area contributed by atoms with E-state index in [1.165, 1.54) is 13.2 Å². The van der Waals surface area contributed by atoms with E-state index in [1.807, 2.05) is 24.6 Å². The average molecular weight is 396 g/mol. The first-order valence-corrected chi connectivity index (χ1v) is 9.85. The summed E-state index contributed by atoms with van der Waals surface area (Å²) in [6.45, 7) is 4.38. The summed E-state index contributed by atoms with van der Waals surface area (Å²) in [4.78, 5) is 19.7. The molecular formula is C22H25FN4O2. The van der Waals surface area contributed by atoms with Crippen LogP contribution in [0.5, 0.6) is 5.75 Å². The number of halogens is 1. The number of amides is 1. The number of benzene rings is 1. The maximum absolute atomic E-state index is 14.0. The molecule has 0 spiro atoms. The number of methoxy groups -OCH3 is 1. The summed E-state index contributed by atoms with van der Waals surface area (Å²) >= 11 is 0. The number of ether oxygens (including phenoxy) is 1. The average Bonchev–Trinajstić information content (AvgIpc) is 3.45. The Balaban J connectivity index is 1.67. The molecule has 0 aliphatic heterocycles. The second-order valence-corrected chi connectivity index (χ2v) is 7.92. The lowest BCUT2D eigenvalue weighted by atomic mass is 10.1. The van der Waals surface area contributed by atoms with Gasteiger partial charge in [0.2, 0.25) is 0 Å². The van der Waals surface area contributed by atoms with Crippen LogP contribution in [0.2, 0.25) is 0 Å². The molecule has 1 fully saturated rings. The molecule has 0 bridgehead atoms. The lowest BCUT2D eigenvalue weighted by molar-refractivity contribution is 0.0786. The van der Waals surface area contributed by atoms with Gasteiger partial charge in [0.25, 0.3) is 5.91 Å². The van der Waals surface area contributed by atoms with Crippen molar-refractivity contribution in [3.8, 4) is 5.75 Å². The van der Waals surface area contributed by atoms with E-state index < -0.39 is 5.82 Å². The third-order valence-corrected chi connectivity index (χ3v) is 5.28. The standard InChI is InChI=1S/C22H25FN4O2/c1-13(2)27-21-17(11-24-27)16(10-19(25-21)15-6-7-15)22(28)26(3)12-14-5-8-20(29-4)18(23)9-14/h5,8-11,13,15H,6-7,12H2,1-4H3. The van der Waals surface area contributed by atoms with Gasteiger partial charge in [0.05, 0.1) is 24.3 Å². The van der Waals surface area contributed by atoms with Crippen molar-refractivity contribution in [3.05, 3.63) is 53.1 Å². The fourth-order valence-electron chi connectivity index (χ4n) is 3.54. The molecule has 2 heterocycles. The molecule has 1 aliphatic carbocycles. The van der Waals surface area contributed by atoms with Crippen molar-refractivity contribution in [3.63, 3.8) is 0 Å². The van der Waals surface area contributed by atoms with Gasteiger partial charge in [-0.1, -0.05) is 6.07 Å². The van der Waals surface area contributed by atoms with Crippen LogP contribution in [0.4, 0.5) is 4.39 Å². The van der Waals surface area contributed by atoms with E-state index in [2.05, 4.69) is 5.10 Å². The quantitative estimate of drug-likeness (QED) is 0.623. The number of fused-ring (bicyclic) bond motifs is 1. The van der Waals surface area contributed by atoms with Crippen LogP contribution in [0.3, 0.4) is 0 Å². The van der Waals surface area contributed by atoms with Crippen molar-refractivity contribution in [1.82, 2.24) is 19.7 Å². The highest BCUT2D eigenvalue weighted by Gasteiger charge is 2.29. The molecule has 1 amide bonds. The maximum atomic E-state index is 14.0. The number of nitrogens with zero attached hydrogens (tertiary/aromatic N) is 4. The van der Waals surface area contributed by atoms with Gasteiger partial charge in [-0.05, 0) is 50.5 Å². The number of carbonyl (C=O) groups is 1. The SMILES string of the molecule is COc1ccc(CN(C)C(=O)c2cc(C3CC3)nc3c2cnn3C(C)C)cc1F. The van der Waals surface area contributed by atoms with Crippen molar-refractivity contribution in [2.24, 2.45) is 0 Å². The highest BCUT2D eigenvalue weighted by Crippen LogP contribution is 2.40. The van der Waals surface area contributed by atoms with Crippen LogP contribution in [0.25, 0.3) is 11.0 Å². The molecule has 1 aliphatic rings. The molecule has 4 rings (SSSR count). The van der Waals surface area contributed by atoms with Gasteiger partial charge in [0, 0.05) is 31.2 Å². The molecule has 1 aromatic carbocycles. The monoisotopic (exact) mass is 396 g/mol. The molecule has 0 saturated heterocycles. The van der Waals surface area contributed by atoms with Gasteiger partial charge < -0.3 is 9.64 Å². The molecule has 0 radical (unpaired) electrons. The summed E-state index contributed by atoms with van der Waals surface area (Å²) < 4.78 is 20.8. The number of pyridine rings is 1. The number of rotatable bonds is 6. The van der Waals surface area contributed by atoms with Crippen LogP contribution in [0.1, 0.15) is 60.3 Å². The smallest absolute Gasteiger partial charge is 0.254 e. The molecule has 0 atom stereocenters. The minimum Gasteiger partial charge on any atom is -0.494 e. The minimum atomic E-state index is -0.439. The predicted octanol–water partition coefficient (Wildman–Crippen LogP) is 4.31. The third kappa shape index (κ3) is 3.69. The van der Waals surface area contributed by atoms with Gasteiger partial charge in [-0.25, -0.2) is 14.1 Å². The number of aromatic nitrogens is 3. The number of hydrogen-bond donors (Lipinski definition) is 0. The molecule has 152 valence electrons. The van der Waals surface area contributed by atoms with Gasteiger partial charge >= 0.3 is 0 Å². The third-order valence-electron chi connectivity index (χ3n) is 5.28. The first kappa shape index (κ1) is 19.4. The Morgan fingerprint density at radius 1 is 1.34 bits per heavy atom. The van der Waals surface area contributed by atoms with Gasteiger partial charge in [0.1, 0.15) is 0 Å². The van der Waals surface area contributed by atoms with Crippen molar-refractivity contribution >= 4 is 16.9 Å². The summed E-state index contributed by atoms with van der Waals surface area (Å²) in [6.07, 6.45) is 3.92. The number of carbonyl (C=O) groups excluding carboxylic acids is 1. The summed E-state index contributed by atoms with van der Waals surface area (Å²) in [6, 6.07) is 6.79. The van der Waals surface area contributed by atoms with E-state index >= 15 is 0 Å². The zero-order valence-corrected chi connectivity index (χ0v) is 17.1. The van der Waals surface area contributed by atoms with E-state index in [4.69, 9.17) is 9.72 Å². The molecule has 7 heteroatoms. The lowest BCUT2D eigenvalue weighted by Gasteiger charge is -2.19. The molecule has 2 aromatic heterocycles. The summed E-state index contributed by atoms with van der Waals surface area (Å²) in [5.41, 5.74) is 2.99. The van der Waals surface area contributed by atoms with Crippen molar-refractivity contribution < 1.29 is 13.9 Å². The second-order valence-electron chi connectivity index (χ2n) is 7.92. The molecule has 1 saturated carbocycles. The lowest BCUT2D eigenvalue weighted by Crippen LogP contribution is -2.26. The van der Waals surface area contributed by atoms with Gasteiger partial charge in [-0.3, -0.25) is 4.79 Å². The van der Waals surface area contributed by atoms with E-state index in [-0.39, 0.29) is 17.7 Å². The Hall–Kier alpha value is -2.96. The summed E-state index contributed by atoms with van der Waals surface area (Å²) in [5.74, 6) is 0.0430. The van der Waals surface area contributed by atoms with Crippen LogP contribution in [0, 0.1) is 5.82 Å². The first-order chi connectivity index (χ1) is 13.9. The van der Waals surface area contributed by atoms with Gasteiger partial charge in [0.15, 0.2) is 17.2 Å². The number of hydrogen-bond acceptors (Lipinski definition) is 4. The Bertz CT molecular complexity index is 1070. The van der Waals surface area contributed by atoms with Crippen LogP contribution in [-0.4, -0.2) is 39.7 Å². The maximum Gasteiger partial charge on any atom is 0.254 e. The topological polar surface area (TPSA) is 60.2 Å². The molecule has 29 heavy (non-hydrogen) atoms. The highest BCUT2D eigenvalue weighted by molar-refractivity contribution is 6.05. The normalized spacial score (nSPS) is 13.9. The Kier molecular flexibility index (Phi) is 4.98. The van der Waals surface area contributed by atoms with E-state index in [0.29, 0.717) is 23.6 Å². The van der Waals surface area contributed by atoms with Crippen molar-refractivity contribution in [1.29, 1.82) is 0 Å². The first-order valence-electron chi connectivity index (χ1n) is 9.85. The molecule has 0 N–H and O–H groups in total. The summed E-state index contributed by atoms with van der Waals surface area (Å²) in [7, 11) is 3.15. The largest absolute Gasteiger partial charge is 0.494 e. The van der Waals surface area contributed by atoms with Crippen LogP contribution in [-0.2, 0) is 6.54 Å². The summed E-state index contributed by atoms with van der Waals surface area (Å²) in [5, 5.41) is 5.20. The fraction of sp³-hybridized carbons (Fsp3) is 0.409. The molecular weight excluding hydrogens is 371 g/mol. The Labute approximate surface area is 169 Å². The van der Waals surface area contributed by atoms with Gasteiger partial charge in [-0.2, -0.15) is 5.10 Å². The molecule has 3 aromatic rings. The van der Waals surface area contributed by atoms with Crippen molar-refractivity contribution in [2.75, 3.05) is 14.2 Å². The minimum absolute atomic E-state index is 0.126. The zero-order valence-electron chi connectivity index (χ0n) is 17.1. The molecule has 6 nitrogen and oxygen atoms in total. The Morgan fingerprint density at radius 2 is 2.10 bits per heavy atom. The van der Waals surface area contributed by atoms with Crippen LogP contribution >= 0.6 is 0 Å². The van der Waals surface area contributed by atoms with Crippen LogP contribution in [0.15, 0.2) is 30.5 Å². The van der Waals surface area contributed by atoms with E-state index in [0.717, 1.165) is 29.6 Å². The van der Waals surface area contributed by atoms with Crippen molar-refractivity contribution in [2.45, 2.75) is 45.2 Å². The van der Waals surface area contributed by atoms with Gasteiger partial charge in [-0.15, -0.1) is 0 Å². The molecule has 0 unspecified atom stereocenters. The Morgan fingerprint density at radius 3 is 2.72 bits per heavy atom. The predicted molar refractivity (Wildman–Crippen MR) is 109 cm³/mol. The van der Waals surface area contributed by atoms with E-state index in [1.54, 1.807) is 30.3 Å². The van der Waals surface area contributed by atoms with Crippen LogP contribution < -0.4 is 4.74 Å². The zero-order chi connectivity index (χ0) is 20.7. The second kappa shape index (κ2) is 7.46. The fourth-order valence-corrected chi connectivity index (χ4v) is 3.54.